The van der Waals surface area contributed by atoms with Crippen molar-refractivity contribution in [3.8, 4) is 0 Å². The van der Waals surface area contributed by atoms with Crippen molar-refractivity contribution in [2.24, 2.45) is 0 Å². The van der Waals surface area contributed by atoms with E-state index in [-0.39, 0.29) is 17.4 Å². The molecule has 1 aliphatic heterocycles. The summed E-state index contributed by atoms with van der Waals surface area (Å²) in [4.78, 5) is 28.6. The van der Waals surface area contributed by atoms with Crippen LogP contribution in [0.2, 0.25) is 0 Å². The highest BCUT2D eigenvalue weighted by Crippen LogP contribution is 2.26. The van der Waals surface area contributed by atoms with Gasteiger partial charge in [-0.2, -0.15) is 0 Å². The molecule has 2 aromatic rings. The van der Waals surface area contributed by atoms with Crippen LogP contribution >= 0.6 is 0 Å². The number of rotatable bonds is 4. The maximum atomic E-state index is 12.5. The Kier molecular flexibility index (Phi) is 3.69. The number of hydrogen-bond donors (Lipinski definition) is 1. The summed E-state index contributed by atoms with van der Waals surface area (Å²) in [5.74, 6) is 0.0203. The van der Waals surface area contributed by atoms with Gasteiger partial charge in [0.2, 0.25) is 11.7 Å². The van der Waals surface area contributed by atoms with E-state index in [2.05, 4.69) is 10.3 Å². The van der Waals surface area contributed by atoms with E-state index < -0.39 is 11.0 Å². The van der Waals surface area contributed by atoms with Gasteiger partial charge in [-0.15, -0.1) is 0 Å². The standard InChI is InChI=1S/C15H14N4O3/c20-15-12(8-10-18(15)11-5-2-1-3-6-11)17-14-13(19(21)22)7-4-9-16-14/h1-7,9,12H,8,10H2,(H,16,17). The third-order valence-corrected chi connectivity index (χ3v) is 3.57. The van der Waals surface area contributed by atoms with E-state index in [4.69, 9.17) is 0 Å². The van der Waals surface area contributed by atoms with Crippen molar-refractivity contribution < 1.29 is 9.72 Å². The van der Waals surface area contributed by atoms with Crippen LogP contribution in [0.25, 0.3) is 0 Å². The van der Waals surface area contributed by atoms with Crippen molar-refractivity contribution >= 4 is 23.1 Å². The maximum absolute atomic E-state index is 12.5. The van der Waals surface area contributed by atoms with Gasteiger partial charge in [-0.3, -0.25) is 14.9 Å². The number of pyridine rings is 1. The first-order valence-electron chi connectivity index (χ1n) is 6.89. The molecule has 3 rings (SSSR count). The van der Waals surface area contributed by atoms with Crippen molar-refractivity contribution in [3.05, 3.63) is 58.8 Å². The molecule has 1 fully saturated rings. The number of carbonyl (C=O) groups is 1. The topological polar surface area (TPSA) is 88.4 Å². The summed E-state index contributed by atoms with van der Waals surface area (Å²) in [6.45, 7) is 0.571. The minimum atomic E-state index is -0.510. The van der Waals surface area contributed by atoms with E-state index in [1.165, 1.54) is 18.3 Å². The summed E-state index contributed by atoms with van der Waals surface area (Å²) in [5.41, 5.74) is 0.695. The third kappa shape index (κ3) is 2.60. The fourth-order valence-corrected chi connectivity index (χ4v) is 2.50. The molecule has 1 amide bonds. The van der Waals surface area contributed by atoms with Crippen molar-refractivity contribution in [2.45, 2.75) is 12.5 Å². The molecule has 0 spiro atoms. The Morgan fingerprint density at radius 3 is 2.73 bits per heavy atom. The zero-order valence-corrected chi connectivity index (χ0v) is 11.7. The smallest absolute Gasteiger partial charge is 0.311 e. The van der Waals surface area contributed by atoms with E-state index in [9.17, 15) is 14.9 Å². The number of hydrogen-bond acceptors (Lipinski definition) is 5. The number of benzene rings is 1. The lowest BCUT2D eigenvalue weighted by molar-refractivity contribution is -0.384. The van der Waals surface area contributed by atoms with E-state index >= 15 is 0 Å². The quantitative estimate of drug-likeness (QED) is 0.690. The molecule has 2 heterocycles. The number of anilines is 2. The predicted octanol–water partition coefficient (Wildman–Crippen LogP) is 2.21. The first kappa shape index (κ1) is 14.0. The van der Waals surface area contributed by atoms with Gasteiger partial charge < -0.3 is 10.2 Å². The lowest BCUT2D eigenvalue weighted by atomic mass is 10.2. The van der Waals surface area contributed by atoms with Crippen LogP contribution in [0.5, 0.6) is 0 Å². The Balaban J connectivity index is 1.78. The van der Waals surface area contributed by atoms with Crippen LogP contribution in [0, 0.1) is 10.1 Å². The lowest BCUT2D eigenvalue weighted by Crippen LogP contribution is -2.33. The number of amides is 1. The van der Waals surface area contributed by atoms with Crippen molar-refractivity contribution in [1.29, 1.82) is 0 Å². The van der Waals surface area contributed by atoms with Gasteiger partial charge in [0, 0.05) is 24.5 Å². The normalized spacial score (nSPS) is 17.5. The molecule has 0 aliphatic carbocycles. The van der Waals surface area contributed by atoms with Gasteiger partial charge >= 0.3 is 5.69 Å². The molecule has 1 saturated heterocycles. The molecule has 1 N–H and O–H groups in total. The van der Waals surface area contributed by atoms with Gasteiger partial charge in [-0.05, 0) is 24.6 Å². The first-order chi connectivity index (χ1) is 10.7. The second-order valence-corrected chi connectivity index (χ2v) is 4.94. The van der Waals surface area contributed by atoms with E-state index in [0.717, 1.165) is 5.69 Å². The molecule has 7 nitrogen and oxygen atoms in total. The second kappa shape index (κ2) is 5.80. The molecule has 0 bridgehead atoms. The Morgan fingerprint density at radius 2 is 2.00 bits per heavy atom. The van der Waals surface area contributed by atoms with Crippen LogP contribution in [0.3, 0.4) is 0 Å². The van der Waals surface area contributed by atoms with Gasteiger partial charge in [0.1, 0.15) is 6.04 Å². The highest BCUT2D eigenvalue weighted by Gasteiger charge is 2.33. The monoisotopic (exact) mass is 298 g/mol. The summed E-state index contributed by atoms with van der Waals surface area (Å²) >= 11 is 0. The highest BCUT2D eigenvalue weighted by atomic mass is 16.6. The number of nitrogens with one attached hydrogen (secondary N) is 1. The molecule has 1 aliphatic rings. The molecule has 0 saturated carbocycles. The van der Waals surface area contributed by atoms with Crippen LogP contribution in [0.4, 0.5) is 17.2 Å². The number of carbonyl (C=O) groups excluding carboxylic acids is 1. The second-order valence-electron chi connectivity index (χ2n) is 4.94. The van der Waals surface area contributed by atoms with Crippen molar-refractivity contribution in [3.63, 3.8) is 0 Å². The summed E-state index contributed by atoms with van der Waals surface area (Å²) in [6, 6.07) is 11.7. The Morgan fingerprint density at radius 1 is 1.23 bits per heavy atom. The minimum absolute atomic E-state index is 0.105. The number of aromatic nitrogens is 1. The van der Waals surface area contributed by atoms with Crippen LogP contribution in [0.1, 0.15) is 6.42 Å². The Bertz CT molecular complexity index is 705. The van der Waals surface area contributed by atoms with E-state index in [0.29, 0.717) is 13.0 Å². The van der Waals surface area contributed by atoms with Gasteiger partial charge in [0.05, 0.1) is 4.92 Å². The third-order valence-electron chi connectivity index (χ3n) is 3.57. The summed E-state index contributed by atoms with van der Waals surface area (Å²) < 4.78 is 0. The molecule has 22 heavy (non-hydrogen) atoms. The largest absolute Gasteiger partial charge is 0.353 e. The fourth-order valence-electron chi connectivity index (χ4n) is 2.50. The molecule has 1 aromatic heterocycles. The van der Waals surface area contributed by atoms with Gasteiger partial charge in [0.15, 0.2) is 0 Å². The first-order valence-corrected chi connectivity index (χ1v) is 6.89. The minimum Gasteiger partial charge on any atom is -0.353 e. The van der Waals surface area contributed by atoms with Gasteiger partial charge in [-0.1, -0.05) is 18.2 Å². The average Bonchev–Trinajstić information content (AvgIpc) is 2.89. The summed E-state index contributed by atoms with van der Waals surface area (Å²) in [7, 11) is 0. The SMILES string of the molecule is O=C1C(Nc2ncccc2[N+](=O)[O-])CCN1c1ccccc1. The highest BCUT2D eigenvalue weighted by molar-refractivity contribution is 6.01. The average molecular weight is 298 g/mol. The molecule has 0 radical (unpaired) electrons. The lowest BCUT2D eigenvalue weighted by Gasteiger charge is -2.17. The molecular formula is C15H14N4O3. The Hall–Kier alpha value is -2.96. The van der Waals surface area contributed by atoms with E-state index in [1.807, 2.05) is 30.3 Å². The zero-order chi connectivity index (χ0) is 15.5. The van der Waals surface area contributed by atoms with Crippen molar-refractivity contribution in [2.75, 3.05) is 16.8 Å². The molecule has 1 aromatic carbocycles. The van der Waals surface area contributed by atoms with Crippen LogP contribution in [-0.2, 0) is 4.79 Å². The molecule has 112 valence electrons. The van der Waals surface area contributed by atoms with Crippen molar-refractivity contribution in [1.82, 2.24) is 4.98 Å². The molecule has 1 unspecified atom stereocenters. The van der Waals surface area contributed by atoms with Gasteiger partial charge in [-0.25, -0.2) is 4.98 Å². The molecule has 7 heteroatoms. The van der Waals surface area contributed by atoms with Crippen LogP contribution in [0.15, 0.2) is 48.7 Å². The van der Waals surface area contributed by atoms with Crippen LogP contribution < -0.4 is 10.2 Å². The number of para-hydroxylation sites is 1. The summed E-state index contributed by atoms with van der Waals surface area (Å²) in [5, 5.41) is 13.9. The molecular weight excluding hydrogens is 284 g/mol. The van der Waals surface area contributed by atoms with E-state index in [1.54, 1.807) is 4.90 Å². The number of nitro groups is 1. The number of nitrogens with zero attached hydrogens (tertiary/aromatic N) is 3. The fraction of sp³-hybridized carbons (Fsp3) is 0.200. The zero-order valence-electron chi connectivity index (χ0n) is 11.7. The van der Waals surface area contributed by atoms with Crippen LogP contribution in [-0.4, -0.2) is 28.4 Å². The summed E-state index contributed by atoms with van der Waals surface area (Å²) in [6.07, 6.45) is 2.03. The Labute approximate surface area is 126 Å². The molecule has 1 atom stereocenters. The predicted molar refractivity (Wildman–Crippen MR) is 81.7 cm³/mol. The van der Waals surface area contributed by atoms with Gasteiger partial charge in [0.25, 0.3) is 0 Å². The maximum Gasteiger partial charge on any atom is 0.311 e.